The fourth-order valence-corrected chi connectivity index (χ4v) is 2.58. The molecule has 0 radical (unpaired) electrons. The number of anilines is 1. The molecule has 0 unspecified atom stereocenters. The van der Waals surface area contributed by atoms with Crippen LogP contribution in [0, 0.1) is 0 Å². The Balaban J connectivity index is 1.91. The molecule has 0 aliphatic carbocycles. The molecule has 2 aromatic rings. The van der Waals surface area contributed by atoms with E-state index in [4.69, 9.17) is 0 Å². The number of carbonyl (C=O) groups excluding carboxylic acids is 2. The lowest BCUT2D eigenvalue weighted by molar-refractivity contribution is -0.117. The van der Waals surface area contributed by atoms with Gasteiger partial charge in [-0.25, -0.2) is 5.01 Å². The molecule has 0 atom stereocenters. The van der Waals surface area contributed by atoms with Crippen molar-refractivity contribution in [3.8, 4) is 0 Å². The molecular weight excluding hydrogens is 412 g/mol. The molecule has 1 N–H and O–H groups in total. The Morgan fingerprint density at radius 2 is 1.41 bits per heavy atom. The summed E-state index contributed by atoms with van der Waals surface area (Å²) in [7, 11) is 0. The molecule has 6 heteroatoms. The van der Waals surface area contributed by atoms with Gasteiger partial charge >= 0.3 is 0 Å². The van der Waals surface area contributed by atoms with Crippen molar-refractivity contribution in [1.29, 1.82) is 0 Å². The van der Waals surface area contributed by atoms with Crippen LogP contribution in [-0.2, 0) is 9.59 Å². The number of halogens is 2. The van der Waals surface area contributed by atoms with E-state index in [0.717, 1.165) is 14.5 Å². The highest BCUT2D eigenvalue weighted by Crippen LogP contribution is 2.23. The molecule has 1 saturated heterocycles. The minimum atomic E-state index is -0.407. The van der Waals surface area contributed by atoms with Gasteiger partial charge in [0.25, 0.3) is 11.8 Å². The number of hydrogen-bond donors (Lipinski definition) is 1. The fraction of sp³-hybridized carbons (Fsp3) is 0. The van der Waals surface area contributed by atoms with Crippen molar-refractivity contribution in [2.24, 2.45) is 0 Å². The smallest absolute Gasteiger partial charge is 0.267 e. The van der Waals surface area contributed by atoms with Crippen molar-refractivity contribution in [3.63, 3.8) is 0 Å². The molecule has 110 valence electrons. The lowest BCUT2D eigenvalue weighted by Crippen LogP contribution is -2.35. The Morgan fingerprint density at radius 1 is 0.864 bits per heavy atom. The third kappa shape index (κ3) is 2.98. The molecular formula is C16H10Br2N2O2. The van der Waals surface area contributed by atoms with Gasteiger partial charge in [-0.05, 0) is 48.0 Å². The van der Waals surface area contributed by atoms with Crippen molar-refractivity contribution in [1.82, 2.24) is 5.43 Å². The van der Waals surface area contributed by atoms with E-state index >= 15 is 0 Å². The SMILES string of the molecule is O=C1NN(c2ccc(Br)cc2)C(=O)/C1=C/c1ccc(Br)cc1. The molecule has 0 bridgehead atoms. The van der Waals surface area contributed by atoms with Gasteiger partial charge in [-0.1, -0.05) is 44.0 Å². The number of amides is 2. The fourth-order valence-electron chi connectivity index (χ4n) is 2.06. The lowest BCUT2D eigenvalue weighted by Gasteiger charge is -2.14. The Kier molecular flexibility index (Phi) is 4.13. The standard InChI is InChI=1S/C16H10Br2N2O2/c17-11-3-1-10(2-4-11)9-14-15(21)19-20(16(14)22)13-7-5-12(18)6-8-13/h1-9H,(H,19,21)/b14-9+. The molecule has 1 fully saturated rings. The topological polar surface area (TPSA) is 49.4 Å². The number of benzene rings is 2. The summed E-state index contributed by atoms with van der Waals surface area (Å²) in [5.74, 6) is -0.772. The molecule has 1 heterocycles. The van der Waals surface area contributed by atoms with E-state index in [2.05, 4.69) is 37.3 Å². The van der Waals surface area contributed by atoms with Crippen LogP contribution in [0.3, 0.4) is 0 Å². The van der Waals surface area contributed by atoms with Gasteiger partial charge in [0, 0.05) is 8.95 Å². The van der Waals surface area contributed by atoms with Crippen molar-refractivity contribution in [3.05, 3.63) is 68.6 Å². The van der Waals surface area contributed by atoms with E-state index < -0.39 is 5.91 Å². The number of nitrogens with zero attached hydrogens (tertiary/aromatic N) is 1. The minimum Gasteiger partial charge on any atom is -0.267 e. The van der Waals surface area contributed by atoms with Crippen molar-refractivity contribution in [2.45, 2.75) is 0 Å². The van der Waals surface area contributed by atoms with Crippen molar-refractivity contribution < 1.29 is 9.59 Å². The number of hydrogen-bond acceptors (Lipinski definition) is 2. The normalized spacial score (nSPS) is 16.3. The molecule has 0 saturated carbocycles. The summed E-state index contributed by atoms with van der Waals surface area (Å²) in [6.07, 6.45) is 1.59. The number of rotatable bonds is 2. The van der Waals surface area contributed by atoms with E-state index in [1.165, 1.54) is 5.01 Å². The van der Waals surface area contributed by atoms with Crippen LogP contribution in [-0.4, -0.2) is 11.8 Å². The van der Waals surface area contributed by atoms with Gasteiger partial charge < -0.3 is 0 Å². The molecule has 3 rings (SSSR count). The first-order valence-electron chi connectivity index (χ1n) is 6.43. The van der Waals surface area contributed by atoms with Crippen LogP contribution in [0.5, 0.6) is 0 Å². The van der Waals surface area contributed by atoms with Gasteiger partial charge in [0.05, 0.1) is 5.69 Å². The summed E-state index contributed by atoms with van der Waals surface area (Å²) in [5, 5.41) is 1.25. The minimum absolute atomic E-state index is 0.116. The highest BCUT2D eigenvalue weighted by molar-refractivity contribution is 9.10. The maximum absolute atomic E-state index is 12.4. The first-order chi connectivity index (χ1) is 10.5. The molecule has 0 aromatic heterocycles. The second-order valence-corrected chi connectivity index (χ2v) is 6.50. The van der Waals surface area contributed by atoms with E-state index in [1.54, 1.807) is 18.2 Å². The van der Waals surface area contributed by atoms with E-state index in [1.807, 2.05) is 36.4 Å². The molecule has 1 aliphatic rings. The molecule has 22 heavy (non-hydrogen) atoms. The number of carbonyl (C=O) groups is 2. The first kappa shape index (κ1) is 15.0. The van der Waals surface area contributed by atoms with Gasteiger partial charge in [0.15, 0.2) is 0 Å². The zero-order chi connectivity index (χ0) is 15.7. The van der Waals surface area contributed by atoms with Crippen LogP contribution in [0.15, 0.2) is 63.0 Å². The predicted octanol–water partition coefficient (Wildman–Crippen LogP) is 3.67. The monoisotopic (exact) mass is 420 g/mol. The maximum atomic E-state index is 12.4. The summed E-state index contributed by atoms with van der Waals surface area (Å²) in [4.78, 5) is 24.5. The second-order valence-electron chi connectivity index (χ2n) is 4.67. The molecule has 2 aromatic carbocycles. The van der Waals surface area contributed by atoms with E-state index in [-0.39, 0.29) is 11.5 Å². The van der Waals surface area contributed by atoms with Gasteiger partial charge in [0.1, 0.15) is 5.57 Å². The van der Waals surface area contributed by atoms with Crippen LogP contribution in [0.4, 0.5) is 5.69 Å². The maximum Gasteiger partial charge on any atom is 0.282 e. The third-order valence-corrected chi connectivity index (χ3v) is 4.21. The quantitative estimate of drug-likeness (QED) is 0.594. The Labute approximate surface area is 144 Å². The molecule has 2 amide bonds. The third-order valence-electron chi connectivity index (χ3n) is 3.16. The number of hydrazine groups is 1. The summed E-state index contributed by atoms with van der Waals surface area (Å²) in [6.45, 7) is 0. The largest absolute Gasteiger partial charge is 0.282 e. The van der Waals surface area contributed by atoms with Crippen molar-refractivity contribution in [2.75, 3.05) is 5.01 Å². The van der Waals surface area contributed by atoms with Crippen molar-refractivity contribution >= 4 is 55.4 Å². The zero-order valence-electron chi connectivity index (χ0n) is 11.2. The summed E-state index contributed by atoms with van der Waals surface area (Å²) in [6, 6.07) is 14.5. The summed E-state index contributed by atoms with van der Waals surface area (Å²) in [5.41, 5.74) is 4.09. The van der Waals surface area contributed by atoms with Crippen LogP contribution >= 0.6 is 31.9 Å². The lowest BCUT2D eigenvalue weighted by atomic mass is 10.1. The van der Waals surface area contributed by atoms with Crippen LogP contribution in [0.1, 0.15) is 5.56 Å². The summed E-state index contributed by atoms with van der Waals surface area (Å²) >= 11 is 6.69. The van der Waals surface area contributed by atoms with E-state index in [0.29, 0.717) is 5.69 Å². The van der Waals surface area contributed by atoms with Crippen LogP contribution < -0.4 is 10.4 Å². The average molecular weight is 422 g/mol. The van der Waals surface area contributed by atoms with E-state index in [9.17, 15) is 9.59 Å². The first-order valence-corrected chi connectivity index (χ1v) is 8.01. The van der Waals surface area contributed by atoms with Gasteiger partial charge in [-0.3, -0.25) is 15.0 Å². The van der Waals surface area contributed by atoms with Gasteiger partial charge in [-0.2, -0.15) is 0 Å². The Hall–Kier alpha value is -1.92. The Morgan fingerprint density at radius 3 is 2.00 bits per heavy atom. The average Bonchev–Trinajstić information content (AvgIpc) is 2.78. The molecule has 0 spiro atoms. The Bertz CT molecular complexity index is 768. The molecule has 1 aliphatic heterocycles. The van der Waals surface area contributed by atoms with Crippen LogP contribution in [0.25, 0.3) is 6.08 Å². The zero-order valence-corrected chi connectivity index (χ0v) is 14.4. The predicted molar refractivity (Wildman–Crippen MR) is 91.9 cm³/mol. The second kappa shape index (κ2) is 6.06. The molecule has 4 nitrogen and oxygen atoms in total. The highest BCUT2D eigenvalue weighted by atomic mass is 79.9. The number of nitrogens with one attached hydrogen (secondary N) is 1. The van der Waals surface area contributed by atoms with Gasteiger partial charge in [-0.15, -0.1) is 0 Å². The van der Waals surface area contributed by atoms with Gasteiger partial charge in [0.2, 0.25) is 0 Å². The van der Waals surface area contributed by atoms with Crippen LogP contribution in [0.2, 0.25) is 0 Å². The highest BCUT2D eigenvalue weighted by Gasteiger charge is 2.34. The summed E-state index contributed by atoms with van der Waals surface area (Å²) < 4.78 is 1.84.